The molecule has 26 heavy (non-hydrogen) atoms. The van der Waals surface area contributed by atoms with Crippen molar-refractivity contribution in [3.63, 3.8) is 0 Å². The predicted molar refractivity (Wildman–Crippen MR) is 97.0 cm³/mol. The first-order chi connectivity index (χ1) is 12.6. The van der Waals surface area contributed by atoms with Crippen LogP contribution in [0.15, 0.2) is 67.1 Å². The van der Waals surface area contributed by atoms with Gasteiger partial charge in [0.05, 0.1) is 6.20 Å². The Kier molecular flexibility index (Phi) is 3.81. The first kappa shape index (κ1) is 15.8. The van der Waals surface area contributed by atoms with Crippen molar-refractivity contribution in [1.29, 1.82) is 0 Å². The van der Waals surface area contributed by atoms with E-state index in [0.29, 0.717) is 11.3 Å². The Morgan fingerprint density at radius 2 is 1.85 bits per heavy atom. The van der Waals surface area contributed by atoms with E-state index in [4.69, 9.17) is 5.73 Å². The molecule has 2 aromatic carbocycles. The summed E-state index contributed by atoms with van der Waals surface area (Å²) in [5.74, 6) is -0.284. The Morgan fingerprint density at radius 1 is 1.04 bits per heavy atom. The van der Waals surface area contributed by atoms with Crippen LogP contribution in [-0.2, 0) is 0 Å². The van der Waals surface area contributed by atoms with Crippen molar-refractivity contribution in [3.05, 3.63) is 72.9 Å². The van der Waals surface area contributed by atoms with E-state index in [-0.39, 0.29) is 5.82 Å². The zero-order valence-corrected chi connectivity index (χ0v) is 13.6. The molecule has 2 amide bonds. The minimum Gasteiger partial charge on any atom is -0.351 e. The highest BCUT2D eigenvalue weighted by molar-refractivity contribution is 5.89. The van der Waals surface area contributed by atoms with Gasteiger partial charge in [0, 0.05) is 29.2 Å². The van der Waals surface area contributed by atoms with Crippen molar-refractivity contribution < 1.29 is 9.18 Å². The zero-order chi connectivity index (χ0) is 18.1. The molecule has 0 saturated carbocycles. The topological polar surface area (TPSA) is 85.3 Å². The summed E-state index contributed by atoms with van der Waals surface area (Å²) in [5.41, 5.74) is 9.79. The Bertz CT molecular complexity index is 1100. The van der Waals surface area contributed by atoms with Crippen LogP contribution in [0.4, 0.5) is 14.9 Å². The highest BCUT2D eigenvalue weighted by Crippen LogP contribution is 2.27. The molecule has 0 spiro atoms. The smallest absolute Gasteiger partial charge is 0.316 e. The lowest BCUT2D eigenvalue weighted by Gasteiger charge is -2.05. The third-order valence-corrected chi connectivity index (χ3v) is 3.98. The van der Waals surface area contributed by atoms with Gasteiger partial charge in [0.15, 0.2) is 5.65 Å². The zero-order valence-electron chi connectivity index (χ0n) is 13.6. The molecule has 0 fully saturated rings. The van der Waals surface area contributed by atoms with E-state index in [9.17, 15) is 9.18 Å². The molecule has 0 saturated heterocycles. The van der Waals surface area contributed by atoms with Crippen molar-refractivity contribution in [2.24, 2.45) is 5.73 Å². The van der Waals surface area contributed by atoms with Crippen LogP contribution in [0.5, 0.6) is 0 Å². The molecule has 0 bridgehead atoms. The molecule has 2 aromatic heterocycles. The van der Waals surface area contributed by atoms with Gasteiger partial charge in [0.2, 0.25) is 0 Å². The fourth-order valence-corrected chi connectivity index (χ4v) is 2.78. The summed E-state index contributed by atoms with van der Waals surface area (Å²) < 4.78 is 14.8. The molecule has 0 radical (unpaired) electrons. The van der Waals surface area contributed by atoms with Gasteiger partial charge < -0.3 is 11.1 Å². The normalized spacial score (nSPS) is 10.8. The van der Waals surface area contributed by atoms with Crippen LogP contribution in [0, 0.1) is 5.82 Å². The third kappa shape index (κ3) is 2.98. The number of hydrogen-bond acceptors (Lipinski definition) is 3. The fourth-order valence-electron chi connectivity index (χ4n) is 2.78. The van der Waals surface area contributed by atoms with E-state index in [0.717, 1.165) is 22.3 Å². The highest BCUT2D eigenvalue weighted by Gasteiger charge is 2.10. The molecule has 128 valence electrons. The molecule has 0 aliphatic rings. The summed E-state index contributed by atoms with van der Waals surface area (Å²) in [6.45, 7) is 0. The third-order valence-electron chi connectivity index (χ3n) is 3.98. The number of nitrogens with two attached hydrogens (primary N) is 1. The highest BCUT2D eigenvalue weighted by atomic mass is 19.1. The van der Waals surface area contributed by atoms with Crippen molar-refractivity contribution in [3.8, 4) is 22.3 Å². The number of nitrogens with one attached hydrogen (secondary N) is 1. The van der Waals surface area contributed by atoms with Gasteiger partial charge in [-0.3, -0.25) is 0 Å². The summed E-state index contributed by atoms with van der Waals surface area (Å²) in [6, 6.07) is 12.9. The number of amides is 2. The molecule has 0 unspecified atom stereocenters. The summed E-state index contributed by atoms with van der Waals surface area (Å²) in [6.07, 6.45) is 5.27. The minimum absolute atomic E-state index is 0.284. The van der Waals surface area contributed by atoms with Crippen molar-refractivity contribution in [2.45, 2.75) is 0 Å². The van der Waals surface area contributed by atoms with E-state index in [1.54, 1.807) is 41.2 Å². The van der Waals surface area contributed by atoms with Crippen molar-refractivity contribution in [2.75, 3.05) is 5.32 Å². The van der Waals surface area contributed by atoms with Crippen LogP contribution in [0.1, 0.15) is 0 Å². The Labute approximate surface area is 148 Å². The molecular weight excluding hydrogens is 333 g/mol. The predicted octanol–water partition coefficient (Wildman–Crippen LogP) is 3.69. The number of urea groups is 1. The SMILES string of the molecule is NC(=O)Nc1cccc(-c2cnn3cc(-c4ccc(F)cc4)cnc23)c1. The molecule has 4 rings (SSSR count). The molecule has 0 atom stereocenters. The van der Waals surface area contributed by atoms with Gasteiger partial charge in [0.25, 0.3) is 0 Å². The maximum absolute atomic E-state index is 13.1. The maximum Gasteiger partial charge on any atom is 0.316 e. The van der Waals surface area contributed by atoms with Crippen LogP contribution < -0.4 is 11.1 Å². The molecule has 2 heterocycles. The molecule has 7 heteroatoms. The second-order valence-electron chi connectivity index (χ2n) is 5.75. The van der Waals surface area contributed by atoms with Crippen LogP contribution in [0.25, 0.3) is 27.9 Å². The Balaban J connectivity index is 1.74. The van der Waals surface area contributed by atoms with Gasteiger partial charge in [-0.2, -0.15) is 5.10 Å². The largest absolute Gasteiger partial charge is 0.351 e. The van der Waals surface area contributed by atoms with Gasteiger partial charge in [-0.15, -0.1) is 0 Å². The maximum atomic E-state index is 13.1. The number of fused-ring (bicyclic) bond motifs is 1. The number of carbonyl (C=O) groups excluding carboxylic acids is 1. The lowest BCUT2D eigenvalue weighted by molar-refractivity contribution is 0.259. The second-order valence-corrected chi connectivity index (χ2v) is 5.75. The number of hydrogen-bond donors (Lipinski definition) is 2. The first-order valence-electron chi connectivity index (χ1n) is 7.86. The summed E-state index contributed by atoms with van der Waals surface area (Å²) >= 11 is 0. The van der Waals surface area contributed by atoms with Gasteiger partial charge in [-0.1, -0.05) is 24.3 Å². The van der Waals surface area contributed by atoms with Gasteiger partial charge in [-0.05, 0) is 35.4 Å². The number of aromatic nitrogens is 3. The Morgan fingerprint density at radius 3 is 2.62 bits per heavy atom. The van der Waals surface area contributed by atoms with Crippen LogP contribution in [0.2, 0.25) is 0 Å². The number of rotatable bonds is 3. The number of carbonyl (C=O) groups is 1. The molecular formula is C19H14FN5O. The number of anilines is 1. The minimum atomic E-state index is -0.621. The number of primary amides is 1. The Hall–Kier alpha value is -3.74. The van der Waals surface area contributed by atoms with E-state index < -0.39 is 6.03 Å². The summed E-state index contributed by atoms with van der Waals surface area (Å²) in [7, 11) is 0. The number of benzene rings is 2. The van der Waals surface area contributed by atoms with Crippen LogP contribution in [0.3, 0.4) is 0 Å². The lowest BCUT2D eigenvalue weighted by atomic mass is 10.1. The van der Waals surface area contributed by atoms with Crippen molar-refractivity contribution >= 4 is 17.4 Å². The average Bonchev–Trinajstić information content (AvgIpc) is 3.05. The van der Waals surface area contributed by atoms with Gasteiger partial charge in [-0.25, -0.2) is 18.7 Å². The van der Waals surface area contributed by atoms with Gasteiger partial charge >= 0.3 is 6.03 Å². The lowest BCUT2D eigenvalue weighted by Crippen LogP contribution is -2.19. The van der Waals surface area contributed by atoms with E-state index >= 15 is 0 Å². The van der Waals surface area contributed by atoms with Gasteiger partial charge in [0.1, 0.15) is 5.82 Å². The number of nitrogens with zero attached hydrogens (tertiary/aromatic N) is 3. The molecule has 0 aliphatic carbocycles. The summed E-state index contributed by atoms with van der Waals surface area (Å²) in [5, 5.41) is 6.91. The van der Waals surface area contributed by atoms with E-state index in [1.807, 2.05) is 18.3 Å². The van der Waals surface area contributed by atoms with Crippen LogP contribution in [-0.4, -0.2) is 20.6 Å². The average molecular weight is 347 g/mol. The fraction of sp³-hybridized carbons (Fsp3) is 0. The monoisotopic (exact) mass is 347 g/mol. The quantitative estimate of drug-likeness (QED) is 0.593. The molecule has 4 aromatic rings. The first-order valence-corrected chi connectivity index (χ1v) is 7.86. The standard InChI is InChI=1S/C19H14FN5O/c20-15-6-4-12(5-7-15)14-9-22-18-17(10-23-25(18)11-14)13-2-1-3-16(8-13)24-19(21)26/h1-11H,(H3,21,24,26). The molecule has 0 aliphatic heterocycles. The van der Waals surface area contributed by atoms with Crippen molar-refractivity contribution in [1.82, 2.24) is 14.6 Å². The number of halogens is 1. The van der Waals surface area contributed by atoms with E-state index in [1.165, 1.54) is 12.1 Å². The molecule has 3 N–H and O–H groups in total. The van der Waals surface area contributed by atoms with E-state index in [2.05, 4.69) is 15.4 Å². The molecule has 6 nitrogen and oxygen atoms in total. The second kappa shape index (κ2) is 6.29. The summed E-state index contributed by atoms with van der Waals surface area (Å²) in [4.78, 5) is 15.5. The van der Waals surface area contributed by atoms with Crippen LogP contribution >= 0.6 is 0 Å².